The molecule has 0 aliphatic heterocycles. The summed E-state index contributed by atoms with van der Waals surface area (Å²) in [5, 5.41) is 9.03. The zero-order valence-electron chi connectivity index (χ0n) is 6.09. The molecule has 0 heterocycles. The van der Waals surface area contributed by atoms with E-state index >= 15 is 0 Å². The highest BCUT2D eigenvalue weighted by atomic mass is 35.5. The lowest BCUT2D eigenvalue weighted by Crippen LogP contribution is -1.95. The van der Waals surface area contributed by atoms with Crippen LogP contribution in [-0.4, -0.2) is 5.11 Å². The molecule has 0 radical (unpaired) electrons. The largest absolute Gasteiger partial charge is 0.376 e. The van der Waals surface area contributed by atoms with Gasteiger partial charge in [-0.2, -0.15) is 0 Å². The molecule has 0 saturated carbocycles. The molecular weight excluding hydrogens is 179 g/mol. The Kier molecular flexibility index (Phi) is 2.69. The zero-order valence-corrected chi connectivity index (χ0v) is 6.85. The first kappa shape index (κ1) is 9.05. The van der Waals surface area contributed by atoms with Gasteiger partial charge in [0.15, 0.2) is 0 Å². The fourth-order valence-electron chi connectivity index (χ4n) is 0.821. The van der Waals surface area contributed by atoms with Gasteiger partial charge in [0, 0.05) is 5.56 Å². The molecule has 62 valence electrons. The van der Waals surface area contributed by atoms with Gasteiger partial charge >= 0.3 is 0 Å². The molecule has 0 fully saturated rings. The number of terminal acetylenes is 1. The van der Waals surface area contributed by atoms with Crippen LogP contribution in [-0.2, 0) is 0 Å². The second kappa shape index (κ2) is 3.57. The summed E-state index contributed by atoms with van der Waals surface area (Å²) in [5.74, 6) is 1.47. The van der Waals surface area contributed by atoms with Crippen molar-refractivity contribution in [2.24, 2.45) is 0 Å². The van der Waals surface area contributed by atoms with Crippen molar-refractivity contribution in [1.29, 1.82) is 0 Å². The van der Waals surface area contributed by atoms with Crippen LogP contribution in [0.3, 0.4) is 0 Å². The lowest BCUT2D eigenvalue weighted by Gasteiger charge is -2.05. The van der Waals surface area contributed by atoms with Gasteiger partial charge in [0.05, 0.1) is 5.02 Å². The van der Waals surface area contributed by atoms with Crippen molar-refractivity contribution in [3.8, 4) is 12.3 Å². The molecule has 1 aromatic carbocycles. The van der Waals surface area contributed by atoms with Crippen LogP contribution in [0.1, 0.15) is 11.7 Å². The third-order valence-electron chi connectivity index (χ3n) is 1.43. The van der Waals surface area contributed by atoms with Gasteiger partial charge in [0.2, 0.25) is 0 Å². The van der Waals surface area contributed by atoms with E-state index in [1.807, 2.05) is 0 Å². The molecule has 12 heavy (non-hydrogen) atoms. The summed E-state index contributed by atoms with van der Waals surface area (Å²) in [6.07, 6.45) is 3.80. The van der Waals surface area contributed by atoms with Crippen LogP contribution in [0, 0.1) is 18.2 Å². The number of rotatable bonds is 1. The quantitative estimate of drug-likeness (QED) is 0.663. The molecule has 1 atom stereocenters. The number of hydrogen-bond acceptors (Lipinski definition) is 1. The van der Waals surface area contributed by atoms with E-state index in [1.54, 1.807) is 0 Å². The highest BCUT2D eigenvalue weighted by Crippen LogP contribution is 2.24. The predicted octanol–water partition coefficient (Wildman–Crippen LogP) is 2.15. The van der Waals surface area contributed by atoms with E-state index in [-0.39, 0.29) is 10.6 Å². The Morgan fingerprint density at radius 1 is 1.58 bits per heavy atom. The van der Waals surface area contributed by atoms with Crippen molar-refractivity contribution in [3.05, 3.63) is 34.6 Å². The minimum Gasteiger partial charge on any atom is -0.376 e. The molecule has 1 N–H and O–H groups in total. The third-order valence-corrected chi connectivity index (χ3v) is 1.83. The second-order valence-electron chi connectivity index (χ2n) is 2.21. The van der Waals surface area contributed by atoms with Gasteiger partial charge in [-0.25, -0.2) is 4.39 Å². The van der Waals surface area contributed by atoms with E-state index in [0.717, 1.165) is 0 Å². The van der Waals surface area contributed by atoms with Crippen LogP contribution in [0.5, 0.6) is 0 Å². The first-order valence-electron chi connectivity index (χ1n) is 3.25. The van der Waals surface area contributed by atoms with Crippen LogP contribution >= 0.6 is 11.6 Å². The van der Waals surface area contributed by atoms with Crippen molar-refractivity contribution < 1.29 is 9.50 Å². The molecule has 0 aliphatic rings. The smallest absolute Gasteiger partial charge is 0.142 e. The third kappa shape index (κ3) is 1.58. The summed E-state index contributed by atoms with van der Waals surface area (Å²) in [7, 11) is 0. The van der Waals surface area contributed by atoms with Gasteiger partial charge in [0.1, 0.15) is 11.9 Å². The maximum Gasteiger partial charge on any atom is 0.142 e. The molecule has 0 amide bonds. The van der Waals surface area contributed by atoms with Gasteiger partial charge < -0.3 is 5.11 Å². The first-order chi connectivity index (χ1) is 5.66. The SMILES string of the molecule is C#CC(O)c1cccc(F)c1Cl. The summed E-state index contributed by atoms with van der Waals surface area (Å²) in [6, 6.07) is 4.13. The Morgan fingerprint density at radius 2 is 2.25 bits per heavy atom. The molecule has 0 aromatic heterocycles. The normalized spacial score (nSPS) is 12.2. The Labute approximate surface area is 74.8 Å². The van der Waals surface area contributed by atoms with Crippen LogP contribution < -0.4 is 0 Å². The Hall–Kier alpha value is -1.04. The molecule has 1 rings (SSSR count). The average molecular weight is 185 g/mol. The maximum absolute atomic E-state index is 12.8. The van der Waals surface area contributed by atoms with Crippen LogP contribution in [0.25, 0.3) is 0 Å². The van der Waals surface area contributed by atoms with E-state index in [9.17, 15) is 4.39 Å². The highest BCUT2D eigenvalue weighted by Gasteiger charge is 2.10. The maximum atomic E-state index is 12.8. The van der Waals surface area contributed by atoms with Crippen molar-refractivity contribution in [3.63, 3.8) is 0 Å². The van der Waals surface area contributed by atoms with Crippen LogP contribution in [0.4, 0.5) is 4.39 Å². The molecule has 1 unspecified atom stereocenters. The molecule has 0 saturated heterocycles. The van der Waals surface area contributed by atoms with E-state index in [4.69, 9.17) is 23.1 Å². The lowest BCUT2D eigenvalue weighted by atomic mass is 10.1. The minimum absolute atomic E-state index is 0.122. The molecular formula is C9H6ClFO. The van der Waals surface area contributed by atoms with Gasteiger partial charge in [-0.15, -0.1) is 6.42 Å². The summed E-state index contributed by atoms with van der Waals surface area (Å²) >= 11 is 5.54. The summed E-state index contributed by atoms with van der Waals surface area (Å²) in [5.41, 5.74) is 0.221. The fourth-order valence-corrected chi connectivity index (χ4v) is 1.05. The van der Waals surface area contributed by atoms with Gasteiger partial charge in [-0.1, -0.05) is 29.7 Å². The first-order valence-corrected chi connectivity index (χ1v) is 3.62. The number of aliphatic hydroxyl groups is 1. The number of benzene rings is 1. The molecule has 0 spiro atoms. The number of hydrogen-bond donors (Lipinski definition) is 1. The van der Waals surface area contributed by atoms with Crippen molar-refractivity contribution in [2.75, 3.05) is 0 Å². The van der Waals surface area contributed by atoms with Crippen LogP contribution in [0.2, 0.25) is 5.02 Å². The summed E-state index contributed by atoms with van der Waals surface area (Å²) in [6.45, 7) is 0. The van der Waals surface area contributed by atoms with Crippen LogP contribution in [0.15, 0.2) is 18.2 Å². The molecule has 0 aliphatic carbocycles. The highest BCUT2D eigenvalue weighted by molar-refractivity contribution is 6.31. The Bertz CT molecular complexity index is 330. The minimum atomic E-state index is -1.15. The lowest BCUT2D eigenvalue weighted by molar-refractivity contribution is 0.238. The van der Waals surface area contributed by atoms with Gasteiger partial charge in [0.25, 0.3) is 0 Å². The van der Waals surface area contributed by atoms with Gasteiger partial charge in [-0.3, -0.25) is 0 Å². The predicted molar refractivity (Wildman–Crippen MR) is 45.2 cm³/mol. The van der Waals surface area contributed by atoms with Crippen molar-refractivity contribution in [1.82, 2.24) is 0 Å². The monoisotopic (exact) mass is 184 g/mol. The van der Waals surface area contributed by atoms with E-state index in [2.05, 4.69) is 5.92 Å². The topological polar surface area (TPSA) is 20.2 Å². The standard InChI is InChI=1S/C9H6ClFO/c1-2-8(12)6-4-3-5-7(11)9(6)10/h1,3-5,8,12H. The fraction of sp³-hybridized carbons (Fsp3) is 0.111. The number of aliphatic hydroxyl groups excluding tert-OH is 1. The summed E-state index contributed by atoms with van der Waals surface area (Å²) < 4.78 is 12.8. The summed E-state index contributed by atoms with van der Waals surface area (Å²) in [4.78, 5) is 0. The molecule has 0 bridgehead atoms. The number of halogens is 2. The van der Waals surface area contributed by atoms with E-state index in [0.29, 0.717) is 0 Å². The second-order valence-corrected chi connectivity index (χ2v) is 2.59. The van der Waals surface area contributed by atoms with E-state index < -0.39 is 11.9 Å². The Morgan fingerprint density at radius 3 is 2.83 bits per heavy atom. The zero-order chi connectivity index (χ0) is 9.14. The van der Waals surface area contributed by atoms with Crippen molar-refractivity contribution >= 4 is 11.6 Å². The van der Waals surface area contributed by atoms with Crippen molar-refractivity contribution in [2.45, 2.75) is 6.10 Å². The van der Waals surface area contributed by atoms with E-state index in [1.165, 1.54) is 18.2 Å². The molecule has 1 nitrogen and oxygen atoms in total. The average Bonchev–Trinajstić information content (AvgIpc) is 2.08. The molecule has 3 heteroatoms. The van der Waals surface area contributed by atoms with Gasteiger partial charge in [-0.05, 0) is 6.07 Å². The Balaban J connectivity index is 3.18. The molecule has 1 aromatic rings.